The molecular formula is C20H27FN2O2. The highest BCUT2D eigenvalue weighted by Crippen LogP contribution is 2.26. The van der Waals surface area contributed by atoms with Gasteiger partial charge in [0.25, 0.3) is 0 Å². The third-order valence-corrected chi connectivity index (χ3v) is 5.40. The molecule has 0 bridgehead atoms. The predicted octanol–water partition coefficient (Wildman–Crippen LogP) is 3.06. The van der Waals surface area contributed by atoms with Crippen molar-refractivity contribution >= 4 is 11.8 Å². The van der Waals surface area contributed by atoms with E-state index in [4.69, 9.17) is 0 Å². The summed E-state index contributed by atoms with van der Waals surface area (Å²) >= 11 is 0. The van der Waals surface area contributed by atoms with Crippen molar-refractivity contribution in [2.24, 2.45) is 5.92 Å². The van der Waals surface area contributed by atoms with Crippen LogP contribution in [0.5, 0.6) is 0 Å². The Morgan fingerprint density at radius 3 is 2.28 bits per heavy atom. The van der Waals surface area contributed by atoms with Gasteiger partial charge in [0.2, 0.25) is 11.8 Å². The number of rotatable bonds is 4. The highest BCUT2D eigenvalue weighted by molar-refractivity contribution is 5.80. The van der Waals surface area contributed by atoms with Crippen molar-refractivity contribution in [3.8, 4) is 0 Å². The Labute approximate surface area is 148 Å². The van der Waals surface area contributed by atoms with Crippen LogP contribution in [0.2, 0.25) is 0 Å². The average Bonchev–Trinajstić information content (AvgIpc) is 2.64. The maximum Gasteiger partial charge on any atom is 0.225 e. The average molecular weight is 346 g/mol. The van der Waals surface area contributed by atoms with Gasteiger partial charge < -0.3 is 10.2 Å². The van der Waals surface area contributed by atoms with Gasteiger partial charge in [0.05, 0.1) is 6.42 Å². The lowest BCUT2D eigenvalue weighted by Gasteiger charge is -2.35. The first-order valence-corrected chi connectivity index (χ1v) is 9.44. The van der Waals surface area contributed by atoms with E-state index in [0.717, 1.165) is 44.3 Å². The Morgan fingerprint density at radius 2 is 1.64 bits per heavy atom. The van der Waals surface area contributed by atoms with E-state index in [1.54, 1.807) is 12.1 Å². The van der Waals surface area contributed by atoms with Crippen molar-refractivity contribution < 1.29 is 14.0 Å². The third kappa shape index (κ3) is 5.03. The molecule has 0 radical (unpaired) electrons. The van der Waals surface area contributed by atoms with E-state index >= 15 is 0 Å². The molecule has 1 saturated heterocycles. The van der Waals surface area contributed by atoms with Crippen LogP contribution < -0.4 is 5.32 Å². The molecule has 1 saturated carbocycles. The maximum absolute atomic E-state index is 12.9. The van der Waals surface area contributed by atoms with Gasteiger partial charge in [0, 0.05) is 25.0 Å². The number of hydrogen-bond acceptors (Lipinski definition) is 2. The number of likely N-dealkylation sites (tertiary alicyclic amines) is 1. The SMILES string of the molecule is O=C(Cc1ccc(F)cc1)NC1CCN(C(=O)C2CCCCC2)CC1. The van der Waals surface area contributed by atoms with Gasteiger partial charge in [0.15, 0.2) is 0 Å². The molecule has 1 aliphatic heterocycles. The molecule has 25 heavy (non-hydrogen) atoms. The summed E-state index contributed by atoms with van der Waals surface area (Å²) in [6, 6.07) is 6.15. The Bertz CT molecular complexity index is 588. The standard InChI is InChI=1S/C20H27FN2O2/c21-17-8-6-15(7-9-17)14-19(24)22-18-10-12-23(13-11-18)20(25)16-4-2-1-3-5-16/h6-9,16,18H,1-5,10-14H2,(H,22,24). The number of nitrogens with zero attached hydrogens (tertiary/aromatic N) is 1. The van der Waals surface area contributed by atoms with Crippen molar-refractivity contribution in [3.05, 3.63) is 35.6 Å². The predicted molar refractivity (Wildman–Crippen MR) is 94.4 cm³/mol. The normalized spacial score (nSPS) is 19.6. The summed E-state index contributed by atoms with van der Waals surface area (Å²) in [6.45, 7) is 1.47. The van der Waals surface area contributed by atoms with Crippen LogP contribution in [0, 0.1) is 11.7 Å². The second-order valence-electron chi connectivity index (χ2n) is 7.31. The van der Waals surface area contributed by atoms with Crippen molar-refractivity contribution in [2.45, 2.75) is 57.4 Å². The molecular weight excluding hydrogens is 319 g/mol. The third-order valence-electron chi connectivity index (χ3n) is 5.40. The maximum atomic E-state index is 12.9. The second kappa shape index (κ2) is 8.45. The van der Waals surface area contributed by atoms with Crippen LogP contribution in [0.4, 0.5) is 4.39 Å². The number of halogens is 1. The minimum atomic E-state index is -0.292. The number of carbonyl (C=O) groups excluding carboxylic acids is 2. The number of hydrogen-bond donors (Lipinski definition) is 1. The van der Waals surface area contributed by atoms with Crippen molar-refractivity contribution in [2.75, 3.05) is 13.1 Å². The fraction of sp³-hybridized carbons (Fsp3) is 0.600. The van der Waals surface area contributed by atoms with E-state index in [2.05, 4.69) is 5.32 Å². The van der Waals surface area contributed by atoms with Crippen LogP contribution in [0.25, 0.3) is 0 Å². The molecule has 2 aliphatic rings. The molecule has 136 valence electrons. The first kappa shape index (κ1) is 17.9. The lowest BCUT2D eigenvalue weighted by Crippen LogP contribution is -2.48. The molecule has 2 fully saturated rings. The molecule has 1 heterocycles. The van der Waals surface area contributed by atoms with Gasteiger partial charge in [-0.05, 0) is 43.4 Å². The molecule has 0 unspecified atom stereocenters. The minimum absolute atomic E-state index is 0.0383. The lowest BCUT2D eigenvalue weighted by atomic mass is 9.87. The first-order valence-electron chi connectivity index (χ1n) is 9.44. The molecule has 1 aromatic rings. The van der Waals surface area contributed by atoms with Gasteiger partial charge in [-0.2, -0.15) is 0 Å². The van der Waals surface area contributed by atoms with Gasteiger partial charge in [-0.25, -0.2) is 4.39 Å². The Kier molecular flexibility index (Phi) is 6.05. The molecule has 2 amide bonds. The van der Waals surface area contributed by atoms with E-state index in [9.17, 15) is 14.0 Å². The summed E-state index contributed by atoms with van der Waals surface area (Å²) in [5.41, 5.74) is 0.809. The molecule has 0 aromatic heterocycles. The number of benzene rings is 1. The largest absolute Gasteiger partial charge is 0.353 e. The number of carbonyl (C=O) groups is 2. The van der Waals surface area contributed by atoms with E-state index < -0.39 is 0 Å². The topological polar surface area (TPSA) is 49.4 Å². The molecule has 5 heteroatoms. The Morgan fingerprint density at radius 1 is 1.00 bits per heavy atom. The zero-order valence-corrected chi connectivity index (χ0v) is 14.7. The van der Waals surface area contributed by atoms with E-state index in [1.165, 1.54) is 31.4 Å². The molecule has 3 rings (SSSR count). The Balaban J connectivity index is 1.41. The second-order valence-corrected chi connectivity index (χ2v) is 7.31. The quantitative estimate of drug-likeness (QED) is 0.911. The van der Waals surface area contributed by atoms with Crippen LogP contribution in [-0.4, -0.2) is 35.8 Å². The highest BCUT2D eigenvalue weighted by Gasteiger charge is 2.29. The molecule has 0 spiro atoms. The summed E-state index contributed by atoms with van der Waals surface area (Å²) in [6.07, 6.45) is 7.56. The number of nitrogens with one attached hydrogen (secondary N) is 1. The Hall–Kier alpha value is -1.91. The first-order chi connectivity index (χ1) is 12.1. The lowest BCUT2D eigenvalue weighted by molar-refractivity contribution is -0.137. The van der Waals surface area contributed by atoms with Crippen molar-refractivity contribution in [1.29, 1.82) is 0 Å². The van der Waals surface area contributed by atoms with Gasteiger partial charge in [-0.15, -0.1) is 0 Å². The van der Waals surface area contributed by atoms with E-state index in [-0.39, 0.29) is 30.1 Å². The van der Waals surface area contributed by atoms with Gasteiger partial charge in [-0.1, -0.05) is 31.4 Å². The highest BCUT2D eigenvalue weighted by atomic mass is 19.1. The molecule has 1 aromatic carbocycles. The molecule has 1 N–H and O–H groups in total. The summed E-state index contributed by atoms with van der Waals surface area (Å²) in [4.78, 5) is 26.7. The summed E-state index contributed by atoms with van der Waals surface area (Å²) in [7, 11) is 0. The zero-order valence-electron chi connectivity index (χ0n) is 14.7. The van der Waals surface area contributed by atoms with Gasteiger partial charge in [0.1, 0.15) is 5.82 Å². The van der Waals surface area contributed by atoms with Crippen LogP contribution >= 0.6 is 0 Å². The van der Waals surface area contributed by atoms with Crippen molar-refractivity contribution in [1.82, 2.24) is 10.2 Å². The molecule has 1 aliphatic carbocycles. The van der Waals surface area contributed by atoms with Crippen LogP contribution in [0.3, 0.4) is 0 Å². The van der Waals surface area contributed by atoms with Crippen LogP contribution in [0.15, 0.2) is 24.3 Å². The van der Waals surface area contributed by atoms with Crippen LogP contribution in [-0.2, 0) is 16.0 Å². The van der Waals surface area contributed by atoms with Crippen LogP contribution in [0.1, 0.15) is 50.5 Å². The minimum Gasteiger partial charge on any atom is -0.353 e. The molecule has 4 nitrogen and oxygen atoms in total. The number of amides is 2. The monoisotopic (exact) mass is 346 g/mol. The zero-order chi connectivity index (χ0) is 17.6. The van der Waals surface area contributed by atoms with Gasteiger partial charge >= 0.3 is 0 Å². The fourth-order valence-corrected chi connectivity index (χ4v) is 3.92. The molecule has 0 atom stereocenters. The summed E-state index contributed by atoms with van der Waals surface area (Å²) < 4.78 is 12.9. The smallest absolute Gasteiger partial charge is 0.225 e. The fourth-order valence-electron chi connectivity index (χ4n) is 3.92. The van der Waals surface area contributed by atoms with E-state index in [1.807, 2.05) is 4.90 Å². The number of piperidine rings is 1. The van der Waals surface area contributed by atoms with E-state index in [0.29, 0.717) is 5.91 Å². The van der Waals surface area contributed by atoms with Crippen molar-refractivity contribution in [3.63, 3.8) is 0 Å². The van der Waals surface area contributed by atoms with Gasteiger partial charge in [-0.3, -0.25) is 9.59 Å². The summed E-state index contributed by atoms with van der Waals surface area (Å²) in [5, 5.41) is 3.05. The summed E-state index contributed by atoms with van der Waals surface area (Å²) in [5.74, 6) is 0.206.